The molecule has 7 heteroatoms. The maximum atomic E-state index is 12.7. The Balaban J connectivity index is 2.09. The molecule has 0 amide bonds. The van der Waals surface area contributed by atoms with E-state index in [0.717, 1.165) is 0 Å². The summed E-state index contributed by atoms with van der Waals surface area (Å²) in [6.45, 7) is 5.19. The van der Waals surface area contributed by atoms with Gasteiger partial charge in [0.15, 0.2) is 0 Å². The average molecular weight is 359 g/mol. The van der Waals surface area contributed by atoms with Crippen LogP contribution in [0.4, 0.5) is 0 Å². The molecule has 3 aromatic rings. The summed E-state index contributed by atoms with van der Waals surface area (Å²) in [6, 6.07) is 12.4. The van der Waals surface area contributed by atoms with Gasteiger partial charge in [-0.3, -0.25) is 0 Å². The summed E-state index contributed by atoms with van der Waals surface area (Å²) in [7, 11) is -3.71. The monoisotopic (exact) mass is 359 g/mol. The van der Waals surface area contributed by atoms with E-state index in [-0.39, 0.29) is 15.6 Å². The van der Waals surface area contributed by atoms with E-state index in [1.807, 2.05) is 0 Å². The number of nitrogens with zero attached hydrogens (tertiary/aromatic N) is 1. The molecule has 0 aliphatic rings. The highest BCUT2D eigenvalue weighted by atomic mass is 32.2. The van der Waals surface area contributed by atoms with Gasteiger partial charge in [-0.15, -0.1) is 0 Å². The first kappa shape index (κ1) is 17.2. The van der Waals surface area contributed by atoms with Gasteiger partial charge in [-0.25, -0.2) is 13.2 Å². The van der Waals surface area contributed by atoms with Crippen molar-refractivity contribution in [2.75, 3.05) is 0 Å². The van der Waals surface area contributed by atoms with Gasteiger partial charge in [-0.05, 0) is 51.1 Å². The highest BCUT2D eigenvalue weighted by molar-refractivity contribution is 7.91. The van der Waals surface area contributed by atoms with Gasteiger partial charge in [0, 0.05) is 0 Å². The number of sulfone groups is 1. The zero-order valence-electron chi connectivity index (χ0n) is 14.0. The van der Waals surface area contributed by atoms with Gasteiger partial charge in [0.25, 0.3) is 5.76 Å². The maximum Gasteiger partial charge on any atom is 0.378 e. The van der Waals surface area contributed by atoms with Crippen molar-refractivity contribution in [3.63, 3.8) is 0 Å². The van der Waals surface area contributed by atoms with E-state index < -0.39 is 21.4 Å². The average Bonchev–Trinajstić information content (AvgIpc) is 2.97. The Hall–Kier alpha value is -2.67. The van der Waals surface area contributed by atoms with E-state index in [2.05, 4.69) is 5.16 Å². The third-order valence-electron chi connectivity index (χ3n) is 3.40. The lowest BCUT2D eigenvalue weighted by molar-refractivity contribution is 0.00307. The molecule has 0 saturated heterocycles. The van der Waals surface area contributed by atoms with Crippen molar-refractivity contribution < 1.29 is 22.5 Å². The molecule has 0 atom stereocenters. The number of carbonyl (C=O) groups is 1. The normalized spacial score (nSPS) is 12.3. The first-order valence-electron chi connectivity index (χ1n) is 7.61. The Bertz CT molecular complexity index is 1030. The van der Waals surface area contributed by atoms with Crippen molar-refractivity contribution in [3.8, 4) is 0 Å². The van der Waals surface area contributed by atoms with Crippen LogP contribution in [-0.2, 0) is 14.6 Å². The Morgan fingerprint density at radius 2 is 1.72 bits per heavy atom. The number of carbonyl (C=O) groups excluding carboxylic acids is 1. The van der Waals surface area contributed by atoms with Crippen LogP contribution in [0.1, 0.15) is 31.3 Å². The van der Waals surface area contributed by atoms with Crippen LogP contribution in [0.15, 0.2) is 62.8 Å². The van der Waals surface area contributed by atoms with Crippen LogP contribution in [0, 0.1) is 0 Å². The molecule has 3 rings (SSSR count). The van der Waals surface area contributed by atoms with Gasteiger partial charge in [0.05, 0.1) is 15.2 Å². The predicted octanol–water partition coefficient (Wildman–Crippen LogP) is 3.62. The number of fused-ring (bicyclic) bond motifs is 1. The summed E-state index contributed by atoms with van der Waals surface area (Å²) in [6.07, 6.45) is 0. The lowest BCUT2D eigenvalue weighted by Crippen LogP contribution is -2.23. The van der Waals surface area contributed by atoms with Gasteiger partial charge >= 0.3 is 5.97 Å². The Labute approximate surface area is 145 Å². The van der Waals surface area contributed by atoms with Crippen molar-refractivity contribution in [2.45, 2.75) is 36.2 Å². The van der Waals surface area contributed by atoms with E-state index >= 15 is 0 Å². The lowest BCUT2D eigenvalue weighted by Gasteiger charge is -2.18. The third-order valence-corrected chi connectivity index (χ3v) is 5.16. The molecule has 0 spiro atoms. The minimum Gasteiger partial charge on any atom is -0.454 e. The fraction of sp³-hybridized carbons (Fsp3) is 0.222. The van der Waals surface area contributed by atoms with Crippen LogP contribution in [0.5, 0.6) is 0 Å². The number of aromatic nitrogens is 1. The van der Waals surface area contributed by atoms with E-state index in [1.54, 1.807) is 39.0 Å². The second kappa shape index (κ2) is 6.00. The number of ether oxygens (including phenoxy) is 1. The zero-order valence-corrected chi connectivity index (χ0v) is 14.8. The molecule has 6 nitrogen and oxygen atoms in total. The fourth-order valence-electron chi connectivity index (χ4n) is 2.30. The van der Waals surface area contributed by atoms with Crippen LogP contribution in [0.25, 0.3) is 10.9 Å². The molecular weight excluding hydrogens is 342 g/mol. The van der Waals surface area contributed by atoms with Gasteiger partial charge < -0.3 is 9.26 Å². The lowest BCUT2D eigenvalue weighted by atomic mass is 10.2. The van der Waals surface area contributed by atoms with Gasteiger partial charge in [-0.2, -0.15) is 0 Å². The third kappa shape index (κ3) is 3.41. The molecular formula is C18H17NO5S. The van der Waals surface area contributed by atoms with E-state index in [1.165, 1.54) is 30.3 Å². The van der Waals surface area contributed by atoms with Crippen LogP contribution in [0.3, 0.4) is 0 Å². The van der Waals surface area contributed by atoms with Gasteiger partial charge in [0.1, 0.15) is 11.1 Å². The minimum atomic E-state index is -3.71. The highest BCUT2D eigenvalue weighted by Crippen LogP contribution is 2.27. The summed E-state index contributed by atoms with van der Waals surface area (Å²) in [5.74, 6) is -0.806. The summed E-state index contributed by atoms with van der Waals surface area (Å²) in [5, 5.41) is 4.09. The summed E-state index contributed by atoms with van der Waals surface area (Å²) >= 11 is 0. The number of hydrogen-bond donors (Lipinski definition) is 0. The van der Waals surface area contributed by atoms with Crippen molar-refractivity contribution >= 4 is 26.7 Å². The molecule has 0 aliphatic carbocycles. The van der Waals surface area contributed by atoms with E-state index in [9.17, 15) is 13.2 Å². The molecule has 0 N–H and O–H groups in total. The molecule has 1 heterocycles. The Morgan fingerprint density at radius 1 is 1.04 bits per heavy atom. The summed E-state index contributed by atoms with van der Waals surface area (Å²) in [4.78, 5) is 12.5. The largest absolute Gasteiger partial charge is 0.454 e. The molecule has 1 aromatic heterocycles. The van der Waals surface area contributed by atoms with Crippen molar-refractivity contribution in [1.82, 2.24) is 5.16 Å². The zero-order chi connectivity index (χ0) is 18.2. The van der Waals surface area contributed by atoms with Crippen molar-refractivity contribution in [1.29, 1.82) is 0 Å². The van der Waals surface area contributed by atoms with Crippen LogP contribution in [-0.4, -0.2) is 25.1 Å². The SMILES string of the molecule is CC(C)(C)OC(=O)c1onc2ccc(S(=O)(=O)c3ccccc3)cc12. The molecule has 25 heavy (non-hydrogen) atoms. The van der Waals surface area contributed by atoms with Crippen LogP contribution >= 0.6 is 0 Å². The molecule has 0 bridgehead atoms. The molecule has 0 unspecified atom stereocenters. The smallest absolute Gasteiger partial charge is 0.378 e. The molecule has 0 fully saturated rings. The second-order valence-electron chi connectivity index (χ2n) is 6.51. The van der Waals surface area contributed by atoms with Crippen LogP contribution < -0.4 is 0 Å². The standard InChI is InChI=1S/C18H17NO5S/c1-18(2,3)23-17(20)16-14-11-13(9-10-15(14)19-24-16)25(21,22)12-7-5-4-6-8-12/h4-11H,1-3H3. The molecule has 130 valence electrons. The quantitative estimate of drug-likeness (QED) is 0.664. The fourth-order valence-corrected chi connectivity index (χ4v) is 3.60. The Morgan fingerprint density at radius 3 is 2.36 bits per heavy atom. The topological polar surface area (TPSA) is 86.5 Å². The highest BCUT2D eigenvalue weighted by Gasteiger charge is 2.26. The van der Waals surface area contributed by atoms with Gasteiger partial charge in [0.2, 0.25) is 9.84 Å². The Kier molecular flexibility index (Phi) is 4.12. The summed E-state index contributed by atoms with van der Waals surface area (Å²) in [5.41, 5.74) is -0.322. The summed E-state index contributed by atoms with van der Waals surface area (Å²) < 4.78 is 35.8. The van der Waals surface area contributed by atoms with Crippen molar-refractivity contribution in [2.24, 2.45) is 0 Å². The number of esters is 1. The van der Waals surface area contributed by atoms with Crippen molar-refractivity contribution in [3.05, 3.63) is 54.3 Å². The van der Waals surface area contributed by atoms with Gasteiger partial charge in [-0.1, -0.05) is 23.4 Å². The first-order chi connectivity index (χ1) is 11.7. The molecule has 0 aliphatic heterocycles. The molecule has 0 radical (unpaired) electrons. The number of rotatable bonds is 3. The minimum absolute atomic E-state index is 0.0548. The molecule has 0 saturated carbocycles. The molecule has 2 aromatic carbocycles. The first-order valence-corrected chi connectivity index (χ1v) is 9.10. The van der Waals surface area contributed by atoms with Crippen LogP contribution in [0.2, 0.25) is 0 Å². The predicted molar refractivity (Wildman–Crippen MR) is 91.1 cm³/mol. The second-order valence-corrected chi connectivity index (χ2v) is 8.46. The number of benzene rings is 2. The van der Waals surface area contributed by atoms with E-state index in [4.69, 9.17) is 9.26 Å². The number of hydrogen-bond acceptors (Lipinski definition) is 6. The van der Waals surface area contributed by atoms with E-state index in [0.29, 0.717) is 10.9 Å². The maximum absolute atomic E-state index is 12.7.